The summed E-state index contributed by atoms with van der Waals surface area (Å²) >= 11 is 8.98. The highest BCUT2D eigenvalue weighted by Crippen LogP contribution is 2.22. The average Bonchev–Trinajstić information content (AvgIpc) is 2.46. The van der Waals surface area contributed by atoms with Gasteiger partial charge in [0.05, 0.1) is 0 Å². The van der Waals surface area contributed by atoms with Crippen LogP contribution in [0.1, 0.15) is 11.1 Å². The van der Waals surface area contributed by atoms with E-state index in [-0.39, 0.29) is 0 Å². The van der Waals surface area contributed by atoms with Crippen LogP contribution >= 0.6 is 25.3 Å². The molecule has 0 nitrogen and oxygen atoms in total. The van der Waals surface area contributed by atoms with Crippen LogP contribution in [0.15, 0.2) is 72.8 Å². The topological polar surface area (TPSA) is 0 Å². The molecule has 0 saturated heterocycles. The lowest BCUT2D eigenvalue weighted by molar-refractivity contribution is 1.64. The van der Waals surface area contributed by atoms with E-state index >= 15 is 0 Å². The summed E-state index contributed by atoms with van der Waals surface area (Å²) in [4.78, 5) is 1.86. The first kappa shape index (κ1) is 13.1. The van der Waals surface area contributed by atoms with Crippen LogP contribution in [0, 0.1) is 0 Å². The third-order valence-corrected chi connectivity index (χ3v) is 3.35. The first-order chi connectivity index (χ1) is 8.77. The minimum absolute atomic E-state index is 0.929. The van der Waals surface area contributed by atoms with Gasteiger partial charge < -0.3 is 0 Å². The first-order valence-corrected chi connectivity index (χ1v) is 6.57. The van der Waals surface area contributed by atoms with Gasteiger partial charge in [-0.05, 0) is 23.3 Å². The van der Waals surface area contributed by atoms with E-state index < -0.39 is 0 Å². The van der Waals surface area contributed by atoms with Gasteiger partial charge in [0.1, 0.15) is 0 Å². The van der Waals surface area contributed by atoms with E-state index in [1.54, 1.807) is 0 Å². The Morgan fingerprint density at radius 2 is 0.944 bits per heavy atom. The Balaban J connectivity index is 2.20. The van der Waals surface area contributed by atoms with Crippen LogP contribution in [0.4, 0.5) is 0 Å². The maximum Gasteiger partial charge on any atom is 0.0113 e. The number of hydrogen-bond donors (Lipinski definition) is 2. The van der Waals surface area contributed by atoms with Crippen molar-refractivity contribution in [1.29, 1.82) is 0 Å². The first-order valence-electron chi connectivity index (χ1n) is 5.68. The molecule has 2 rings (SSSR count). The lowest BCUT2D eigenvalue weighted by Crippen LogP contribution is -1.76. The molecule has 0 radical (unpaired) electrons. The molecule has 2 aromatic rings. The molecule has 0 aliphatic heterocycles. The average molecular weight is 270 g/mol. The Morgan fingerprint density at radius 1 is 0.611 bits per heavy atom. The number of thiol groups is 2. The van der Waals surface area contributed by atoms with Gasteiger partial charge in [-0.3, -0.25) is 0 Å². The van der Waals surface area contributed by atoms with Crippen molar-refractivity contribution in [3.63, 3.8) is 0 Å². The van der Waals surface area contributed by atoms with Crippen LogP contribution in [-0.2, 0) is 0 Å². The van der Waals surface area contributed by atoms with Crippen molar-refractivity contribution >= 4 is 35.1 Å². The zero-order valence-electron chi connectivity index (χ0n) is 9.82. The lowest BCUT2D eigenvalue weighted by Gasteiger charge is -2.00. The van der Waals surface area contributed by atoms with Crippen molar-refractivity contribution in [2.45, 2.75) is 0 Å². The molecule has 0 atom stereocenters. The Bertz CT molecular complexity index is 501. The standard InChI is InChI=1S/C16H14S2/c17-15(13-7-3-1-4-8-13)11-12-16(18)14-9-5-2-6-10-14/h1-12,17-18H/b15-11-,16-12-. The van der Waals surface area contributed by atoms with Crippen molar-refractivity contribution in [1.82, 2.24) is 0 Å². The molecule has 0 saturated carbocycles. The molecular weight excluding hydrogens is 256 g/mol. The summed E-state index contributed by atoms with van der Waals surface area (Å²) in [5, 5.41) is 0. The van der Waals surface area contributed by atoms with E-state index in [0.717, 1.165) is 20.9 Å². The Morgan fingerprint density at radius 3 is 1.28 bits per heavy atom. The summed E-state index contributed by atoms with van der Waals surface area (Å²) in [7, 11) is 0. The molecule has 0 unspecified atom stereocenters. The Labute approximate surface area is 119 Å². The van der Waals surface area contributed by atoms with Gasteiger partial charge in [-0.15, -0.1) is 25.3 Å². The fourth-order valence-electron chi connectivity index (χ4n) is 1.57. The second kappa shape index (κ2) is 6.53. The molecule has 0 bridgehead atoms. The summed E-state index contributed by atoms with van der Waals surface area (Å²) in [5.41, 5.74) is 2.21. The van der Waals surface area contributed by atoms with Gasteiger partial charge >= 0.3 is 0 Å². The highest BCUT2D eigenvalue weighted by molar-refractivity contribution is 7.91. The number of benzene rings is 2. The highest BCUT2D eigenvalue weighted by atomic mass is 32.1. The summed E-state index contributed by atoms with van der Waals surface area (Å²) < 4.78 is 0. The quantitative estimate of drug-likeness (QED) is 0.573. The number of hydrogen-bond acceptors (Lipinski definition) is 2. The third kappa shape index (κ3) is 3.56. The SMILES string of the molecule is S/C(=C\C=C(/S)c1ccccc1)c1ccccc1. The molecule has 0 aliphatic carbocycles. The highest BCUT2D eigenvalue weighted by Gasteiger charge is 1.95. The van der Waals surface area contributed by atoms with E-state index in [0.29, 0.717) is 0 Å². The van der Waals surface area contributed by atoms with Crippen molar-refractivity contribution in [2.75, 3.05) is 0 Å². The predicted octanol–water partition coefficient (Wildman–Crippen LogP) is 4.93. The van der Waals surface area contributed by atoms with E-state index in [9.17, 15) is 0 Å². The molecule has 90 valence electrons. The molecule has 0 heterocycles. The Hall–Kier alpha value is -1.38. The fraction of sp³-hybridized carbons (Fsp3) is 0. The van der Waals surface area contributed by atoms with Crippen LogP contribution in [0.25, 0.3) is 9.81 Å². The summed E-state index contributed by atoms with van der Waals surface area (Å²) in [6.07, 6.45) is 3.93. The van der Waals surface area contributed by atoms with Gasteiger partial charge in [0.15, 0.2) is 0 Å². The summed E-state index contributed by atoms with van der Waals surface area (Å²) in [5.74, 6) is 0. The number of allylic oxidation sites excluding steroid dienone is 2. The van der Waals surface area contributed by atoms with E-state index in [2.05, 4.69) is 25.3 Å². The van der Waals surface area contributed by atoms with Gasteiger partial charge in [-0.2, -0.15) is 0 Å². The van der Waals surface area contributed by atoms with Gasteiger partial charge in [-0.25, -0.2) is 0 Å². The van der Waals surface area contributed by atoms with E-state index in [4.69, 9.17) is 0 Å². The minimum atomic E-state index is 0.929. The molecule has 0 aromatic heterocycles. The molecule has 0 spiro atoms. The monoisotopic (exact) mass is 270 g/mol. The fourth-order valence-corrected chi connectivity index (χ4v) is 2.02. The third-order valence-electron chi connectivity index (χ3n) is 2.54. The molecule has 0 N–H and O–H groups in total. The predicted molar refractivity (Wildman–Crippen MR) is 86.8 cm³/mol. The van der Waals surface area contributed by atoms with Gasteiger partial charge in [0.2, 0.25) is 0 Å². The molecule has 0 fully saturated rings. The zero-order chi connectivity index (χ0) is 12.8. The Kier molecular flexibility index (Phi) is 4.73. The molecule has 2 aromatic carbocycles. The van der Waals surface area contributed by atoms with Crippen molar-refractivity contribution in [3.8, 4) is 0 Å². The normalized spacial score (nSPS) is 12.6. The number of rotatable bonds is 3. The molecular formula is C16H14S2. The van der Waals surface area contributed by atoms with Crippen LogP contribution in [0.2, 0.25) is 0 Å². The molecule has 0 aliphatic rings. The second-order valence-corrected chi connectivity index (χ2v) is 4.80. The van der Waals surface area contributed by atoms with Gasteiger partial charge in [0.25, 0.3) is 0 Å². The maximum atomic E-state index is 4.49. The summed E-state index contributed by atoms with van der Waals surface area (Å²) in [6, 6.07) is 20.1. The van der Waals surface area contributed by atoms with Crippen molar-refractivity contribution in [3.05, 3.63) is 83.9 Å². The van der Waals surface area contributed by atoms with Crippen LogP contribution in [0.5, 0.6) is 0 Å². The molecule has 2 heteroatoms. The largest absolute Gasteiger partial charge is 0.143 e. The second-order valence-electron chi connectivity index (χ2n) is 3.84. The summed E-state index contributed by atoms with van der Waals surface area (Å²) in [6.45, 7) is 0. The van der Waals surface area contributed by atoms with Crippen molar-refractivity contribution < 1.29 is 0 Å². The van der Waals surface area contributed by atoms with E-state index in [1.807, 2.05) is 72.8 Å². The van der Waals surface area contributed by atoms with Gasteiger partial charge in [0, 0.05) is 9.81 Å². The zero-order valence-corrected chi connectivity index (χ0v) is 11.6. The van der Waals surface area contributed by atoms with Gasteiger partial charge in [-0.1, -0.05) is 60.7 Å². The smallest absolute Gasteiger partial charge is 0.0113 e. The maximum absolute atomic E-state index is 4.49. The molecule has 18 heavy (non-hydrogen) atoms. The van der Waals surface area contributed by atoms with Crippen LogP contribution in [0.3, 0.4) is 0 Å². The minimum Gasteiger partial charge on any atom is -0.143 e. The van der Waals surface area contributed by atoms with Crippen LogP contribution < -0.4 is 0 Å². The lowest BCUT2D eigenvalue weighted by atomic mass is 10.2. The van der Waals surface area contributed by atoms with Crippen LogP contribution in [-0.4, -0.2) is 0 Å². The van der Waals surface area contributed by atoms with E-state index in [1.165, 1.54) is 0 Å². The van der Waals surface area contributed by atoms with Crippen molar-refractivity contribution in [2.24, 2.45) is 0 Å². The molecule has 0 amide bonds.